The van der Waals surface area contributed by atoms with Gasteiger partial charge in [-0.15, -0.1) is 0 Å². The van der Waals surface area contributed by atoms with Crippen molar-refractivity contribution in [3.05, 3.63) is 47.5 Å². The molecule has 0 aliphatic heterocycles. The summed E-state index contributed by atoms with van der Waals surface area (Å²) < 4.78 is 16.6. The molecule has 1 unspecified atom stereocenters. The smallest absolute Gasteiger partial charge is 0.347 e. The van der Waals surface area contributed by atoms with E-state index in [4.69, 9.17) is 25.8 Å². The van der Waals surface area contributed by atoms with Crippen molar-refractivity contribution in [1.29, 1.82) is 0 Å². The van der Waals surface area contributed by atoms with Crippen LogP contribution in [0.4, 0.5) is 0 Å². The number of hydrogen-bond acceptors (Lipinski definition) is 6. The maximum atomic E-state index is 11.4. The van der Waals surface area contributed by atoms with Gasteiger partial charge >= 0.3 is 12.0 Å². The highest BCUT2D eigenvalue weighted by molar-refractivity contribution is 6.31. The normalized spacial score (nSPS) is 13.0. The third kappa shape index (κ3) is 4.09. The fourth-order valence-electron chi connectivity index (χ4n) is 2.46. The lowest BCUT2D eigenvalue weighted by Crippen LogP contribution is -2.40. The van der Waals surface area contributed by atoms with Crippen LogP contribution >= 0.6 is 11.6 Å². The first kappa shape index (κ1) is 19.7. The minimum absolute atomic E-state index is 0.115. The average Bonchev–Trinajstić information content (AvgIpc) is 2.69. The number of carboxylic acid groups (broad SMARTS) is 1. The minimum atomic E-state index is -1.29. The van der Waals surface area contributed by atoms with Gasteiger partial charge in [-0.05, 0) is 55.8 Å². The zero-order valence-corrected chi connectivity index (χ0v) is 16.4. The first-order valence-corrected chi connectivity index (χ1v) is 8.94. The molecule has 28 heavy (non-hydrogen) atoms. The van der Waals surface area contributed by atoms with Crippen molar-refractivity contribution in [2.45, 2.75) is 25.9 Å². The summed E-state index contributed by atoms with van der Waals surface area (Å²) in [6.45, 7) is 3.28. The number of aromatic nitrogens is 2. The summed E-state index contributed by atoms with van der Waals surface area (Å²) in [7, 11) is 1.51. The second kappa shape index (κ2) is 7.90. The number of ether oxygens (including phenoxy) is 3. The number of benzene rings is 2. The van der Waals surface area contributed by atoms with Gasteiger partial charge in [0.2, 0.25) is 11.5 Å². The molecule has 0 bridgehead atoms. The van der Waals surface area contributed by atoms with Gasteiger partial charge in [-0.3, -0.25) is 0 Å². The predicted octanol–water partition coefficient (Wildman–Crippen LogP) is 4.72. The Morgan fingerprint density at radius 3 is 2.43 bits per heavy atom. The predicted molar refractivity (Wildman–Crippen MR) is 105 cm³/mol. The van der Waals surface area contributed by atoms with E-state index < -0.39 is 11.6 Å². The van der Waals surface area contributed by atoms with E-state index in [0.29, 0.717) is 39.7 Å². The van der Waals surface area contributed by atoms with E-state index in [0.717, 1.165) is 0 Å². The lowest BCUT2D eigenvalue weighted by Gasteiger charge is -2.24. The molecule has 1 N–H and O–H groups in total. The number of halogens is 1. The van der Waals surface area contributed by atoms with Gasteiger partial charge in [0.1, 0.15) is 11.5 Å². The second-order valence-electron chi connectivity index (χ2n) is 6.24. The Balaban J connectivity index is 1.82. The molecule has 1 aromatic heterocycles. The Labute approximate surface area is 166 Å². The number of carboxylic acids is 1. The molecule has 146 valence electrons. The Morgan fingerprint density at radius 1 is 1.14 bits per heavy atom. The quantitative estimate of drug-likeness (QED) is 0.611. The molecule has 1 atom stereocenters. The Kier molecular flexibility index (Phi) is 5.56. The minimum Gasteiger partial charge on any atom is -0.480 e. The fourth-order valence-corrected chi connectivity index (χ4v) is 2.63. The summed E-state index contributed by atoms with van der Waals surface area (Å²) in [5.41, 5.74) is -0.662. The topological polar surface area (TPSA) is 90.8 Å². The first-order valence-electron chi connectivity index (χ1n) is 8.56. The SMILES string of the molecule is CCC(C)(Oc1ccc(Oc2nc(OC)c3cc(Cl)ccc3n2)cc1)C(=O)O. The van der Waals surface area contributed by atoms with Gasteiger partial charge in [0.05, 0.1) is 18.0 Å². The maximum Gasteiger partial charge on any atom is 0.347 e. The Bertz CT molecular complexity index is 1010. The largest absolute Gasteiger partial charge is 0.480 e. The van der Waals surface area contributed by atoms with Crippen LogP contribution in [0.1, 0.15) is 20.3 Å². The molecule has 7 nitrogen and oxygen atoms in total. The number of rotatable bonds is 7. The third-order valence-corrected chi connectivity index (χ3v) is 4.53. The van der Waals surface area contributed by atoms with Gasteiger partial charge in [-0.25, -0.2) is 4.79 Å². The Morgan fingerprint density at radius 2 is 1.82 bits per heavy atom. The highest BCUT2D eigenvalue weighted by Gasteiger charge is 2.33. The van der Waals surface area contributed by atoms with Crippen LogP contribution in [0.25, 0.3) is 10.9 Å². The number of hydrogen-bond donors (Lipinski definition) is 1. The lowest BCUT2D eigenvalue weighted by atomic mass is 10.0. The van der Waals surface area contributed by atoms with Crippen LogP contribution < -0.4 is 14.2 Å². The molecular formula is C20H19ClN2O5. The number of carbonyl (C=O) groups is 1. The maximum absolute atomic E-state index is 11.4. The summed E-state index contributed by atoms with van der Waals surface area (Å²) in [5, 5.41) is 10.5. The van der Waals surface area contributed by atoms with E-state index >= 15 is 0 Å². The van der Waals surface area contributed by atoms with Crippen molar-refractivity contribution in [2.75, 3.05) is 7.11 Å². The van der Waals surface area contributed by atoms with Gasteiger partial charge in [-0.2, -0.15) is 9.97 Å². The number of methoxy groups -OCH3 is 1. The van der Waals surface area contributed by atoms with Crippen molar-refractivity contribution in [1.82, 2.24) is 9.97 Å². The highest BCUT2D eigenvalue weighted by atomic mass is 35.5. The zero-order valence-electron chi connectivity index (χ0n) is 15.6. The van der Waals surface area contributed by atoms with Gasteiger partial charge in [0, 0.05) is 5.02 Å². The van der Waals surface area contributed by atoms with E-state index in [9.17, 15) is 9.90 Å². The standard InChI is InChI=1S/C20H19ClN2O5/c1-4-20(2,18(24)25)28-14-8-6-13(7-9-14)27-19-22-16-10-5-12(21)11-15(16)17(23-19)26-3/h5-11H,4H2,1-3H3,(H,24,25). The molecule has 8 heteroatoms. The van der Waals surface area contributed by atoms with Crippen LogP contribution in [0.3, 0.4) is 0 Å². The van der Waals surface area contributed by atoms with Crippen LogP contribution in [-0.4, -0.2) is 33.8 Å². The molecule has 0 fully saturated rings. The van der Waals surface area contributed by atoms with Gasteiger partial charge in [-0.1, -0.05) is 18.5 Å². The van der Waals surface area contributed by atoms with Crippen LogP contribution in [0.5, 0.6) is 23.4 Å². The van der Waals surface area contributed by atoms with Gasteiger partial charge in [0.25, 0.3) is 0 Å². The fraction of sp³-hybridized carbons (Fsp3) is 0.250. The van der Waals surface area contributed by atoms with Crippen molar-refractivity contribution < 1.29 is 24.1 Å². The molecule has 0 aliphatic carbocycles. The molecule has 0 aliphatic rings. The molecule has 0 saturated heterocycles. The molecule has 0 radical (unpaired) electrons. The van der Waals surface area contributed by atoms with Crippen LogP contribution in [-0.2, 0) is 4.79 Å². The second-order valence-corrected chi connectivity index (χ2v) is 6.68. The van der Waals surface area contributed by atoms with Crippen molar-refractivity contribution in [2.24, 2.45) is 0 Å². The molecular weight excluding hydrogens is 384 g/mol. The van der Waals surface area contributed by atoms with E-state index in [2.05, 4.69) is 9.97 Å². The molecule has 1 heterocycles. The summed E-state index contributed by atoms with van der Waals surface area (Å²) in [5.74, 6) is 0.219. The van der Waals surface area contributed by atoms with Crippen molar-refractivity contribution >= 4 is 28.5 Å². The third-order valence-electron chi connectivity index (χ3n) is 4.30. The van der Waals surface area contributed by atoms with Crippen molar-refractivity contribution in [3.8, 4) is 23.4 Å². The molecule has 0 amide bonds. The molecule has 2 aromatic carbocycles. The number of nitrogens with zero attached hydrogens (tertiary/aromatic N) is 2. The van der Waals surface area contributed by atoms with E-state index in [1.807, 2.05) is 0 Å². The molecule has 3 rings (SSSR count). The summed E-state index contributed by atoms with van der Waals surface area (Å²) in [6.07, 6.45) is 0.329. The van der Waals surface area contributed by atoms with E-state index in [-0.39, 0.29) is 6.01 Å². The first-order chi connectivity index (χ1) is 13.3. The van der Waals surface area contributed by atoms with Crippen LogP contribution in [0.15, 0.2) is 42.5 Å². The number of fused-ring (bicyclic) bond motifs is 1. The molecule has 0 saturated carbocycles. The van der Waals surface area contributed by atoms with Gasteiger partial charge < -0.3 is 19.3 Å². The van der Waals surface area contributed by atoms with E-state index in [1.165, 1.54) is 14.0 Å². The van der Waals surface area contributed by atoms with E-state index in [1.54, 1.807) is 49.4 Å². The van der Waals surface area contributed by atoms with Gasteiger partial charge in [0.15, 0.2) is 0 Å². The number of aliphatic carboxylic acids is 1. The highest BCUT2D eigenvalue weighted by Crippen LogP contribution is 2.30. The Hall–Kier alpha value is -3.06. The van der Waals surface area contributed by atoms with Crippen LogP contribution in [0, 0.1) is 0 Å². The molecule has 3 aromatic rings. The summed E-state index contributed by atoms with van der Waals surface area (Å²) in [6, 6.07) is 11.9. The van der Waals surface area contributed by atoms with Crippen LogP contribution in [0.2, 0.25) is 5.02 Å². The average molecular weight is 403 g/mol. The monoisotopic (exact) mass is 402 g/mol. The summed E-state index contributed by atoms with van der Waals surface area (Å²) >= 11 is 6.02. The summed E-state index contributed by atoms with van der Waals surface area (Å²) in [4.78, 5) is 20.0. The van der Waals surface area contributed by atoms with Crippen molar-refractivity contribution in [3.63, 3.8) is 0 Å². The molecule has 0 spiro atoms. The zero-order chi connectivity index (χ0) is 20.3. The lowest BCUT2D eigenvalue weighted by molar-refractivity contribution is -0.154.